The number of rotatable bonds is 2. The molecule has 0 amide bonds. The van der Waals surface area contributed by atoms with Gasteiger partial charge in [0.2, 0.25) is 0 Å². The largest absolute Gasteiger partial charge is 0.393 e. The third kappa shape index (κ3) is 2.42. The van der Waals surface area contributed by atoms with Gasteiger partial charge < -0.3 is 10.0 Å². The maximum absolute atomic E-state index is 9.77. The number of pyridine rings is 1. The number of hydrogen-bond donors (Lipinski definition) is 1. The summed E-state index contributed by atoms with van der Waals surface area (Å²) in [6.45, 7) is 1.65. The van der Waals surface area contributed by atoms with Crippen LogP contribution in [0.1, 0.15) is 12.8 Å². The number of aliphatic hydroxyl groups excluding tert-OH is 1. The molecule has 1 fully saturated rings. The first-order chi connectivity index (χ1) is 12.8. The van der Waals surface area contributed by atoms with Gasteiger partial charge in [-0.05, 0) is 25.0 Å². The van der Waals surface area contributed by atoms with Crippen molar-refractivity contribution in [3.8, 4) is 11.1 Å². The van der Waals surface area contributed by atoms with Gasteiger partial charge in [-0.15, -0.1) is 0 Å². The summed E-state index contributed by atoms with van der Waals surface area (Å²) < 4.78 is 1.90. The summed E-state index contributed by atoms with van der Waals surface area (Å²) in [6, 6.07) is 12.2. The lowest BCUT2D eigenvalue weighted by Gasteiger charge is -2.31. The first-order valence-corrected chi connectivity index (χ1v) is 8.91. The maximum atomic E-state index is 9.77. The van der Waals surface area contributed by atoms with Crippen molar-refractivity contribution in [2.45, 2.75) is 18.9 Å². The van der Waals surface area contributed by atoms with Crippen molar-refractivity contribution < 1.29 is 5.11 Å². The molecule has 0 atom stereocenters. The maximum Gasteiger partial charge on any atom is 0.165 e. The summed E-state index contributed by atoms with van der Waals surface area (Å²) in [5.74, 6) is 1.02. The van der Waals surface area contributed by atoms with E-state index in [1.807, 2.05) is 41.3 Å². The molecule has 0 radical (unpaired) electrons. The van der Waals surface area contributed by atoms with Crippen LogP contribution in [0.2, 0.25) is 0 Å². The molecule has 4 aromatic rings. The van der Waals surface area contributed by atoms with E-state index in [0.717, 1.165) is 59.4 Å². The Bertz CT molecular complexity index is 1080. The van der Waals surface area contributed by atoms with Gasteiger partial charge in [0, 0.05) is 42.0 Å². The molecule has 1 aliphatic rings. The second-order valence-electron chi connectivity index (χ2n) is 6.70. The third-order valence-electron chi connectivity index (χ3n) is 5.09. The van der Waals surface area contributed by atoms with E-state index in [9.17, 15) is 5.11 Å². The Morgan fingerprint density at radius 1 is 0.923 bits per heavy atom. The topological polar surface area (TPSA) is 66.5 Å². The molecule has 1 aromatic carbocycles. The smallest absolute Gasteiger partial charge is 0.165 e. The summed E-state index contributed by atoms with van der Waals surface area (Å²) in [4.78, 5) is 11.4. The van der Waals surface area contributed by atoms with E-state index >= 15 is 0 Å². The predicted molar refractivity (Wildman–Crippen MR) is 101 cm³/mol. The van der Waals surface area contributed by atoms with E-state index in [1.165, 1.54) is 0 Å². The minimum absolute atomic E-state index is 0.196. The van der Waals surface area contributed by atoms with Gasteiger partial charge in [-0.1, -0.05) is 24.3 Å². The molecule has 1 aliphatic heterocycles. The van der Waals surface area contributed by atoms with Crippen molar-refractivity contribution in [3.05, 3.63) is 55.0 Å². The monoisotopic (exact) mass is 345 g/mol. The van der Waals surface area contributed by atoms with E-state index < -0.39 is 0 Å². The summed E-state index contributed by atoms with van der Waals surface area (Å²) in [5, 5.41) is 15.5. The van der Waals surface area contributed by atoms with E-state index in [1.54, 1.807) is 0 Å². The average Bonchev–Trinajstić information content (AvgIpc) is 3.12. The zero-order valence-corrected chi connectivity index (χ0v) is 14.3. The molecule has 1 N–H and O–H groups in total. The minimum atomic E-state index is -0.196. The molecule has 6 nitrogen and oxygen atoms in total. The predicted octanol–water partition coefficient (Wildman–Crippen LogP) is 2.91. The summed E-state index contributed by atoms with van der Waals surface area (Å²) in [5.41, 5.74) is 3.80. The number of aromatic nitrogens is 4. The molecular weight excluding hydrogens is 326 g/mol. The zero-order valence-electron chi connectivity index (χ0n) is 14.3. The molecule has 0 bridgehead atoms. The lowest BCUT2D eigenvalue weighted by molar-refractivity contribution is 0.145. The lowest BCUT2D eigenvalue weighted by Crippen LogP contribution is -2.36. The van der Waals surface area contributed by atoms with Gasteiger partial charge in [-0.2, -0.15) is 9.61 Å². The first kappa shape index (κ1) is 15.3. The molecule has 6 heteroatoms. The lowest BCUT2D eigenvalue weighted by atomic mass is 10.0. The molecule has 0 saturated carbocycles. The van der Waals surface area contributed by atoms with Crippen LogP contribution >= 0.6 is 0 Å². The van der Waals surface area contributed by atoms with Gasteiger partial charge in [0.15, 0.2) is 5.65 Å². The van der Waals surface area contributed by atoms with Crippen LogP contribution in [0.5, 0.6) is 0 Å². The summed E-state index contributed by atoms with van der Waals surface area (Å²) in [6.07, 6.45) is 6.89. The number of piperidine rings is 1. The Labute approximate surface area is 150 Å². The highest BCUT2D eigenvalue weighted by Crippen LogP contribution is 2.31. The Balaban J connectivity index is 1.65. The summed E-state index contributed by atoms with van der Waals surface area (Å²) >= 11 is 0. The first-order valence-electron chi connectivity index (χ1n) is 8.91. The number of hydrogen-bond acceptors (Lipinski definition) is 5. The van der Waals surface area contributed by atoms with Crippen LogP contribution in [0.25, 0.3) is 27.7 Å². The fourth-order valence-corrected chi connectivity index (χ4v) is 3.72. The normalized spacial score (nSPS) is 15.8. The van der Waals surface area contributed by atoms with Gasteiger partial charge in [-0.3, -0.25) is 4.98 Å². The second kappa shape index (κ2) is 6.07. The van der Waals surface area contributed by atoms with Crippen molar-refractivity contribution in [3.63, 3.8) is 0 Å². The molecule has 130 valence electrons. The minimum Gasteiger partial charge on any atom is -0.393 e. The van der Waals surface area contributed by atoms with Gasteiger partial charge in [0.25, 0.3) is 0 Å². The molecule has 4 heterocycles. The Morgan fingerprint density at radius 3 is 2.65 bits per heavy atom. The van der Waals surface area contributed by atoms with Crippen molar-refractivity contribution in [1.29, 1.82) is 0 Å². The van der Waals surface area contributed by atoms with Gasteiger partial charge in [-0.25, -0.2) is 4.98 Å². The van der Waals surface area contributed by atoms with E-state index in [4.69, 9.17) is 0 Å². The Morgan fingerprint density at radius 2 is 1.77 bits per heavy atom. The van der Waals surface area contributed by atoms with Crippen LogP contribution in [-0.4, -0.2) is 43.9 Å². The number of aliphatic hydroxyl groups is 1. The molecule has 0 unspecified atom stereocenters. The number of nitrogens with zero attached hydrogens (tertiary/aromatic N) is 5. The number of fused-ring (bicyclic) bond motifs is 2. The molecule has 0 spiro atoms. The van der Waals surface area contributed by atoms with Crippen LogP contribution in [0.15, 0.2) is 55.0 Å². The summed E-state index contributed by atoms with van der Waals surface area (Å²) in [7, 11) is 0. The van der Waals surface area contributed by atoms with Crippen molar-refractivity contribution in [2.24, 2.45) is 0 Å². The van der Waals surface area contributed by atoms with E-state index in [2.05, 4.69) is 38.2 Å². The standard InChI is InChI=1S/C20H19N5O/c26-15-7-11-24(12-8-15)18-6-10-22-20-17(13-23-25(18)20)16-5-1-3-14-4-2-9-21-19(14)16/h1-6,9-10,13,15,26H,7-8,11-12H2. The van der Waals surface area contributed by atoms with Crippen molar-refractivity contribution in [1.82, 2.24) is 19.6 Å². The van der Waals surface area contributed by atoms with Gasteiger partial charge >= 0.3 is 0 Å². The van der Waals surface area contributed by atoms with Crippen LogP contribution in [0, 0.1) is 0 Å². The quantitative estimate of drug-likeness (QED) is 0.605. The van der Waals surface area contributed by atoms with Crippen LogP contribution < -0.4 is 4.90 Å². The van der Waals surface area contributed by atoms with Crippen LogP contribution in [0.3, 0.4) is 0 Å². The number of anilines is 1. The van der Waals surface area contributed by atoms with Crippen molar-refractivity contribution in [2.75, 3.05) is 18.0 Å². The van der Waals surface area contributed by atoms with E-state index in [0.29, 0.717) is 0 Å². The number of benzene rings is 1. The Kier molecular flexibility index (Phi) is 3.57. The van der Waals surface area contributed by atoms with Crippen LogP contribution in [-0.2, 0) is 0 Å². The highest BCUT2D eigenvalue weighted by atomic mass is 16.3. The molecule has 1 saturated heterocycles. The van der Waals surface area contributed by atoms with E-state index in [-0.39, 0.29) is 6.10 Å². The van der Waals surface area contributed by atoms with Crippen molar-refractivity contribution >= 4 is 22.4 Å². The van der Waals surface area contributed by atoms with Gasteiger partial charge in [0.05, 0.1) is 17.8 Å². The molecule has 3 aromatic heterocycles. The van der Waals surface area contributed by atoms with Gasteiger partial charge in [0.1, 0.15) is 5.82 Å². The Hall–Kier alpha value is -2.99. The number of para-hydroxylation sites is 1. The second-order valence-corrected chi connectivity index (χ2v) is 6.70. The molecule has 26 heavy (non-hydrogen) atoms. The third-order valence-corrected chi connectivity index (χ3v) is 5.09. The zero-order chi connectivity index (χ0) is 17.5. The molecule has 0 aliphatic carbocycles. The SMILES string of the molecule is OC1CCN(c2ccnc3c(-c4cccc5cccnc45)cnn23)CC1. The fourth-order valence-electron chi connectivity index (χ4n) is 3.72. The average molecular weight is 345 g/mol. The highest BCUT2D eigenvalue weighted by Gasteiger charge is 2.21. The fraction of sp³-hybridized carbons (Fsp3) is 0.250. The highest BCUT2D eigenvalue weighted by molar-refractivity contribution is 5.96. The molecule has 5 rings (SSSR count). The molecular formula is C20H19N5O. The van der Waals surface area contributed by atoms with Crippen LogP contribution in [0.4, 0.5) is 5.82 Å².